The van der Waals surface area contributed by atoms with Gasteiger partial charge in [0, 0.05) is 25.3 Å². The van der Waals surface area contributed by atoms with Crippen molar-refractivity contribution in [3.63, 3.8) is 0 Å². The number of aromatic nitrogens is 3. The summed E-state index contributed by atoms with van der Waals surface area (Å²) in [7, 11) is 0. The first-order valence-electron chi connectivity index (χ1n) is 9.85. The fourth-order valence-electron chi connectivity index (χ4n) is 3.63. The van der Waals surface area contributed by atoms with Crippen LogP contribution in [0.2, 0.25) is 0 Å². The molecule has 4 rings (SSSR count). The zero-order valence-corrected chi connectivity index (χ0v) is 19.2. The molecule has 0 radical (unpaired) electrons. The summed E-state index contributed by atoms with van der Waals surface area (Å²) >= 11 is 4.83. The van der Waals surface area contributed by atoms with Gasteiger partial charge in [0.15, 0.2) is 0 Å². The molecule has 10 heteroatoms. The number of thiazole rings is 1. The number of carbonyl (C=O) groups is 2. The Morgan fingerprint density at radius 3 is 2.93 bits per heavy atom. The number of rotatable bonds is 6. The van der Waals surface area contributed by atoms with Gasteiger partial charge in [-0.05, 0) is 55.2 Å². The minimum Gasteiger partial charge on any atom is -0.351 e. The van der Waals surface area contributed by atoms with Gasteiger partial charge >= 0.3 is 0 Å². The van der Waals surface area contributed by atoms with Gasteiger partial charge in [0.05, 0.1) is 38.7 Å². The van der Waals surface area contributed by atoms with Crippen LogP contribution in [0.15, 0.2) is 28.4 Å². The van der Waals surface area contributed by atoms with Crippen LogP contribution in [0.4, 0.5) is 5.69 Å². The Kier molecular flexibility index (Phi) is 6.16. The highest BCUT2D eigenvalue weighted by molar-refractivity contribution is 9.11. The first-order valence-corrected chi connectivity index (χ1v) is 11.5. The minimum absolute atomic E-state index is 0.194. The van der Waals surface area contributed by atoms with Crippen molar-refractivity contribution >= 4 is 49.6 Å². The van der Waals surface area contributed by atoms with E-state index in [-0.39, 0.29) is 11.8 Å². The largest absolute Gasteiger partial charge is 0.351 e. The molecule has 0 aliphatic carbocycles. The number of pyridine rings is 1. The van der Waals surface area contributed by atoms with Gasteiger partial charge in [-0.25, -0.2) is 4.52 Å². The molecule has 3 aromatic rings. The Morgan fingerprint density at radius 1 is 1.33 bits per heavy atom. The van der Waals surface area contributed by atoms with Crippen LogP contribution in [0.3, 0.4) is 0 Å². The van der Waals surface area contributed by atoms with Crippen LogP contribution < -0.4 is 10.6 Å². The van der Waals surface area contributed by atoms with Crippen LogP contribution in [0.5, 0.6) is 0 Å². The summed E-state index contributed by atoms with van der Waals surface area (Å²) in [5.74, 6) is -0.482. The Bertz CT molecular complexity index is 1090. The van der Waals surface area contributed by atoms with Crippen molar-refractivity contribution in [3.8, 4) is 0 Å². The van der Waals surface area contributed by atoms with Crippen molar-refractivity contribution in [3.05, 3.63) is 45.3 Å². The van der Waals surface area contributed by atoms with Crippen molar-refractivity contribution in [1.29, 1.82) is 0 Å². The highest BCUT2D eigenvalue weighted by Crippen LogP contribution is 2.26. The van der Waals surface area contributed by atoms with Gasteiger partial charge in [-0.3, -0.25) is 19.5 Å². The quantitative estimate of drug-likeness (QED) is 0.552. The summed E-state index contributed by atoms with van der Waals surface area (Å²) in [4.78, 5) is 32.7. The molecule has 2 amide bonds. The lowest BCUT2D eigenvalue weighted by atomic mass is 10.2. The van der Waals surface area contributed by atoms with Crippen LogP contribution in [0.25, 0.3) is 4.83 Å². The number of amides is 2. The maximum absolute atomic E-state index is 12.8. The molecule has 3 aromatic heterocycles. The highest BCUT2D eigenvalue weighted by Gasteiger charge is 2.20. The highest BCUT2D eigenvalue weighted by atomic mass is 79.9. The summed E-state index contributed by atoms with van der Waals surface area (Å²) in [5, 5.41) is 10.0. The summed E-state index contributed by atoms with van der Waals surface area (Å²) < 4.78 is 2.54. The first kappa shape index (κ1) is 21.0. The van der Waals surface area contributed by atoms with E-state index < -0.39 is 0 Å². The van der Waals surface area contributed by atoms with Crippen LogP contribution in [0.1, 0.15) is 46.2 Å². The predicted molar refractivity (Wildman–Crippen MR) is 120 cm³/mol. The number of anilines is 1. The Labute approximate surface area is 186 Å². The standard InChI is InChI=1S/C20H23BrN6O2S/c1-12-4-3-6-26(12)7-5-22-18(28)14-8-16(13(2)23-9-14)25-19(29)15-10-24-27-11-17(21)30-20(15)27/h8-12H,3-7H2,1-2H3,(H,22,28)(H,25,29)/t12-/m1/s1. The summed E-state index contributed by atoms with van der Waals surface area (Å²) in [6, 6.07) is 2.24. The Morgan fingerprint density at radius 2 is 2.17 bits per heavy atom. The van der Waals surface area contributed by atoms with Gasteiger partial charge in [-0.2, -0.15) is 5.10 Å². The minimum atomic E-state index is -0.287. The van der Waals surface area contributed by atoms with Gasteiger partial charge in [0.1, 0.15) is 4.83 Å². The third kappa shape index (κ3) is 4.40. The average molecular weight is 491 g/mol. The van der Waals surface area contributed by atoms with Crippen molar-refractivity contribution in [2.24, 2.45) is 0 Å². The van der Waals surface area contributed by atoms with Crippen molar-refractivity contribution in [1.82, 2.24) is 24.8 Å². The fourth-order valence-corrected chi connectivity index (χ4v) is 5.07. The lowest BCUT2D eigenvalue weighted by molar-refractivity contribution is 0.0946. The zero-order chi connectivity index (χ0) is 21.3. The monoisotopic (exact) mass is 490 g/mol. The van der Waals surface area contributed by atoms with E-state index in [2.05, 4.69) is 48.5 Å². The van der Waals surface area contributed by atoms with E-state index in [1.807, 2.05) is 0 Å². The fraction of sp³-hybridized carbons (Fsp3) is 0.400. The maximum Gasteiger partial charge on any atom is 0.260 e. The Balaban J connectivity index is 1.42. The second-order valence-corrected chi connectivity index (χ2v) is 9.85. The van der Waals surface area contributed by atoms with E-state index in [1.54, 1.807) is 23.7 Å². The number of likely N-dealkylation sites (tertiary alicyclic amines) is 1. The SMILES string of the molecule is Cc1ncc(C(=O)NCCN2CCC[C@H]2C)cc1NC(=O)c1cnn2cc(Br)sc12. The number of hydrogen-bond acceptors (Lipinski definition) is 6. The van der Waals surface area contributed by atoms with Crippen LogP contribution in [-0.2, 0) is 0 Å². The van der Waals surface area contributed by atoms with Crippen molar-refractivity contribution in [2.75, 3.05) is 25.0 Å². The molecule has 0 aromatic carbocycles. The van der Waals surface area contributed by atoms with Crippen molar-refractivity contribution in [2.45, 2.75) is 32.7 Å². The molecule has 30 heavy (non-hydrogen) atoms. The molecule has 1 aliphatic rings. The predicted octanol–water partition coefficient (Wildman–Crippen LogP) is 3.33. The van der Waals surface area contributed by atoms with Gasteiger partial charge in [-0.1, -0.05) is 0 Å². The smallest absolute Gasteiger partial charge is 0.260 e. The van der Waals surface area contributed by atoms with Gasteiger partial charge in [0.25, 0.3) is 11.8 Å². The number of nitrogens with one attached hydrogen (secondary N) is 2. The molecule has 8 nitrogen and oxygen atoms in total. The summed E-state index contributed by atoms with van der Waals surface area (Å²) in [6.45, 7) is 6.52. The maximum atomic E-state index is 12.8. The number of halogens is 1. The Hall–Kier alpha value is -2.30. The van der Waals surface area contributed by atoms with E-state index >= 15 is 0 Å². The van der Waals surface area contributed by atoms with Gasteiger partial charge in [0.2, 0.25) is 0 Å². The third-order valence-electron chi connectivity index (χ3n) is 5.38. The topological polar surface area (TPSA) is 91.6 Å². The van der Waals surface area contributed by atoms with E-state index in [0.29, 0.717) is 35.1 Å². The van der Waals surface area contributed by atoms with E-state index in [9.17, 15) is 9.59 Å². The van der Waals surface area contributed by atoms with E-state index in [0.717, 1.165) is 21.7 Å². The van der Waals surface area contributed by atoms with E-state index in [1.165, 1.54) is 36.6 Å². The zero-order valence-electron chi connectivity index (χ0n) is 16.8. The molecule has 158 valence electrons. The van der Waals surface area contributed by atoms with Gasteiger partial charge < -0.3 is 10.6 Å². The van der Waals surface area contributed by atoms with E-state index in [4.69, 9.17) is 0 Å². The molecule has 4 heterocycles. The van der Waals surface area contributed by atoms with Gasteiger partial charge in [-0.15, -0.1) is 11.3 Å². The second-order valence-electron chi connectivity index (χ2n) is 7.44. The first-order chi connectivity index (χ1) is 14.4. The number of hydrogen-bond donors (Lipinski definition) is 2. The van der Waals surface area contributed by atoms with Crippen LogP contribution in [0, 0.1) is 6.92 Å². The normalized spacial score (nSPS) is 16.8. The molecule has 1 saturated heterocycles. The van der Waals surface area contributed by atoms with Crippen LogP contribution in [-0.4, -0.2) is 57.0 Å². The number of carbonyl (C=O) groups excluding carboxylic acids is 2. The molecular weight excluding hydrogens is 468 g/mol. The molecule has 1 atom stereocenters. The second kappa shape index (κ2) is 8.83. The molecule has 1 aliphatic heterocycles. The lowest BCUT2D eigenvalue weighted by Crippen LogP contribution is -2.36. The molecule has 2 N–H and O–H groups in total. The van der Waals surface area contributed by atoms with Crippen LogP contribution >= 0.6 is 27.3 Å². The van der Waals surface area contributed by atoms with Crippen molar-refractivity contribution < 1.29 is 9.59 Å². The molecule has 0 saturated carbocycles. The molecule has 0 unspecified atom stereocenters. The number of fused-ring (bicyclic) bond motifs is 1. The molecular formula is C20H23BrN6O2S. The number of aryl methyl sites for hydroxylation is 1. The lowest BCUT2D eigenvalue weighted by Gasteiger charge is -2.20. The molecule has 1 fully saturated rings. The average Bonchev–Trinajstić information content (AvgIpc) is 3.39. The summed E-state index contributed by atoms with van der Waals surface area (Å²) in [5.41, 5.74) is 2.04. The third-order valence-corrected chi connectivity index (χ3v) is 6.98. The molecule has 0 bridgehead atoms. The number of nitrogens with zero attached hydrogens (tertiary/aromatic N) is 4. The summed E-state index contributed by atoms with van der Waals surface area (Å²) in [6.07, 6.45) is 7.30. The molecule has 0 spiro atoms.